The molecule has 1 atom stereocenters. The van der Waals surface area contributed by atoms with Crippen LogP contribution < -0.4 is 20.1 Å². The van der Waals surface area contributed by atoms with Crippen LogP contribution in [0, 0.1) is 0 Å². The molecule has 126 valence electrons. The molecule has 0 bridgehead atoms. The van der Waals surface area contributed by atoms with Crippen LogP contribution in [0.4, 0.5) is 4.79 Å². The molecule has 0 spiro atoms. The van der Waals surface area contributed by atoms with Crippen LogP contribution in [0.15, 0.2) is 12.1 Å². The third-order valence-electron chi connectivity index (χ3n) is 4.14. The first-order chi connectivity index (χ1) is 11.0. The normalized spacial score (nSPS) is 15.3. The van der Waals surface area contributed by atoms with E-state index < -0.39 is 12.1 Å². The molecule has 1 aliphatic heterocycles. The molecule has 7 heteroatoms. The highest BCUT2D eigenvalue weighted by Crippen LogP contribution is 2.33. The van der Waals surface area contributed by atoms with Crippen LogP contribution in [0.5, 0.6) is 11.5 Å². The molecule has 0 saturated carbocycles. The number of imide groups is 1. The van der Waals surface area contributed by atoms with Crippen LogP contribution in [-0.4, -0.2) is 50.7 Å². The van der Waals surface area contributed by atoms with E-state index >= 15 is 0 Å². The summed E-state index contributed by atoms with van der Waals surface area (Å²) in [5, 5.41) is 4.69. The molecule has 0 radical (unpaired) electrons. The summed E-state index contributed by atoms with van der Waals surface area (Å²) in [6.07, 6.45) is 0.813. The van der Waals surface area contributed by atoms with Crippen LogP contribution in [-0.2, 0) is 17.8 Å². The lowest BCUT2D eigenvalue weighted by Gasteiger charge is -2.33. The Morgan fingerprint density at radius 1 is 1.17 bits per heavy atom. The van der Waals surface area contributed by atoms with Crippen molar-refractivity contribution in [3.05, 3.63) is 23.3 Å². The first-order valence-electron chi connectivity index (χ1n) is 7.50. The van der Waals surface area contributed by atoms with Crippen LogP contribution in [0.2, 0.25) is 0 Å². The summed E-state index contributed by atoms with van der Waals surface area (Å²) in [6, 6.07) is 3.05. The van der Waals surface area contributed by atoms with Gasteiger partial charge in [-0.1, -0.05) is 0 Å². The number of methoxy groups -OCH3 is 2. The molecule has 0 aliphatic carbocycles. The number of benzene rings is 1. The van der Waals surface area contributed by atoms with Gasteiger partial charge in [0.2, 0.25) is 5.91 Å². The van der Waals surface area contributed by atoms with Gasteiger partial charge in [0.1, 0.15) is 0 Å². The zero-order valence-electron chi connectivity index (χ0n) is 13.9. The maximum absolute atomic E-state index is 12.1. The number of fused-ring (bicyclic) bond motifs is 1. The molecule has 1 aromatic carbocycles. The summed E-state index contributed by atoms with van der Waals surface area (Å²) in [5.74, 6) is 1.08. The Labute approximate surface area is 135 Å². The summed E-state index contributed by atoms with van der Waals surface area (Å²) in [6.45, 7) is 3.16. The van der Waals surface area contributed by atoms with Crippen molar-refractivity contribution in [3.63, 3.8) is 0 Å². The molecule has 1 aromatic rings. The Morgan fingerprint density at radius 3 is 2.35 bits per heavy atom. The third kappa shape index (κ3) is 3.73. The number of carbonyl (C=O) groups excluding carboxylic acids is 2. The van der Waals surface area contributed by atoms with E-state index in [2.05, 4.69) is 10.6 Å². The topological polar surface area (TPSA) is 79.9 Å². The van der Waals surface area contributed by atoms with Gasteiger partial charge in [0.15, 0.2) is 11.5 Å². The molecular formula is C16H23N3O4. The summed E-state index contributed by atoms with van der Waals surface area (Å²) >= 11 is 0. The summed E-state index contributed by atoms with van der Waals surface area (Å²) in [5.41, 5.74) is 2.30. The van der Waals surface area contributed by atoms with Gasteiger partial charge >= 0.3 is 6.03 Å². The molecule has 23 heavy (non-hydrogen) atoms. The lowest BCUT2D eigenvalue weighted by molar-refractivity contribution is -0.125. The molecule has 2 N–H and O–H groups in total. The number of nitrogens with one attached hydrogen (secondary N) is 2. The van der Waals surface area contributed by atoms with E-state index in [1.807, 2.05) is 17.0 Å². The zero-order chi connectivity index (χ0) is 17.0. The Morgan fingerprint density at radius 2 is 1.78 bits per heavy atom. The average Bonchev–Trinajstić information content (AvgIpc) is 2.58. The number of hydrogen-bond donors (Lipinski definition) is 2. The largest absolute Gasteiger partial charge is 0.493 e. The van der Waals surface area contributed by atoms with Gasteiger partial charge in [-0.2, -0.15) is 0 Å². The van der Waals surface area contributed by atoms with Gasteiger partial charge in [0.25, 0.3) is 0 Å². The highest BCUT2D eigenvalue weighted by Gasteiger charge is 2.27. The van der Waals surface area contributed by atoms with Gasteiger partial charge in [0, 0.05) is 20.1 Å². The molecule has 3 amide bonds. The molecule has 0 fully saturated rings. The molecular weight excluding hydrogens is 298 g/mol. The van der Waals surface area contributed by atoms with Gasteiger partial charge < -0.3 is 14.8 Å². The van der Waals surface area contributed by atoms with E-state index in [4.69, 9.17) is 9.47 Å². The Balaban J connectivity index is 2.13. The average molecular weight is 321 g/mol. The van der Waals surface area contributed by atoms with E-state index in [1.165, 1.54) is 12.6 Å². The lowest BCUT2D eigenvalue weighted by Crippen LogP contribution is -2.50. The quantitative estimate of drug-likeness (QED) is 0.861. The number of urea groups is 1. The first kappa shape index (κ1) is 17.1. The van der Waals surface area contributed by atoms with Crippen molar-refractivity contribution in [2.75, 3.05) is 27.8 Å². The molecule has 1 heterocycles. The minimum Gasteiger partial charge on any atom is -0.493 e. The van der Waals surface area contributed by atoms with Crippen molar-refractivity contribution in [2.24, 2.45) is 0 Å². The molecule has 0 saturated heterocycles. The fourth-order valence-electron chi connectivity index (χ4n) is 2.68. The number of hydrogen-bond acceptors (Lipinski definition) is 5. The molecule has 2 rings (SSSR count). The zero-order valence-corrected chi connectivity index (χ0v) is 13.9. The Kier molecular flexibility index (Phi) is 5.44. The lowest BCUT2D eigenvalue weighted by atomic mass is 9.97. The van der Waals surface area contributed by atoms with E-state index in [0.717, 1.165) is 18.5 Å². The fourth-order valence-corrected chi connectivity index (χ4v) is 2.68. The van der Waals surface area contributed by atoms with Crippen molar-refractivity contribution in [1.82, 2.24) is 15.5 Å². The highest BCUT2D eigenvalue weighted by atomic mass is 16.5. The number of rotatable bonds is 4. The SMILES string of the molecule is CNC(=O)NC(=O)[C@@H](C)N1CCc2cc(OC)c(OC)cc2C1. The maximum atomic E-state index is 12.1. The second-order valence-corrected chi connectivity index (χ2v) is 5.44. The Hall–Kier alpha value is -2.28. The van der Waals surface area contributed by atoms with Crippen LogP contribution in [0.3, 0.4) is 0 Å². The van der Waals surface area contributed by atoms with E-state index in [9.17, 15) is 9.59 Å². The summed E-state index contributed by atoms with van der Waals surface area (Å²) in [4.78, 5) is 25.4. The number of nitrogens with zero attached hydrogens (tertiary/aromatic N) is 1. The van der Waals surface area contributed by atoms with Crippen LogP contribution in [0.1, 0.15) is 18.1 Å². The number of ether oxygens (including phenoxy) is 2. The third-order valence-corrected chi connectivity index (χ3v) is 4.14. The van der Waals surface area contributed by atoms with Crippen molar-refractivity contribution < 1.29 is 19.1 Å². The minimum absolute atomic E-state index is 0.312. The van der Waals surface area contributed by atoms with Crippen LogP contribution in [0.25, 0.3) is 0 Å². The van der Waals surface area contributed by atoms with Gasteiger partial charge in [-0.15, -0.1) is 0 Å². The smallest absolute Gasteiger partial charge is 0.321 e. The van der Waals surface area contributed by atoms with Crippen molar-refractivity contribution in [1.29, 1.82) is 0 Å². The molecule has 0 aromatic heterocycles. The minimum atomic E-state index is -0.495. The van der Waals surface area contributed by atoms with Crippen molar-refractivity contribution in [3.8, 4) is 11.5 Å². The first-order valence-corrected chi connectivity index (χ1v) is 7.50. The van der Waals surface area contributed by atoms with Gasteiger partial charge in [-0.05, 0) is 36.6 Å². The molecule has 0 unspecified atom stereocenters. The van der Waals surface area contributed by atoms with E-state index in [-0.39, 0.29) is 5.91 Å². The number of carbonyl (C=O) groups is 2. The fraction of sp³-hybridized carbons (Fsp3) is 0.500. The second-order valence-electron chi connectivity index (χ2n) is 5.44. The van der Waals surface area contributed by atoms with Crippen molar-refractivity contribution >= 4 is 11.9 Å². The maximum Gasteiger partial charge on any atom is 0.321 e. The van der Waals surface area contributed by atoms with Crippen molar-refractivity contribution in [2.45, 2.75) is 25.9 Å². The predicted octanol–water partition coefficient (Wildman–Crippen LogP) is 0.906. The van der Waals surface area contributed by atoms with E-state index in [1.54, 1.807) is 21.1 Å². The standard InChI is InChI=1S/C16H23N3O4/c1-10(15(20)18-16(21)17-2)19-6-5-11-7-13(22-3)14(23-4)8-12(11)9-19/h7-8,10H,5-6,9H2,1-4H3,(H2,17,18,20,21)/t10-/m1/s1. The summed E-state index contributed by atoms with van der Waals surface area (Å²) < 4.78 is 10.7. The van der Waals surface area contributed by atoms with E-state index in [0.29, 0.717) is 18.0 Å². The Bertz CT molecular complexity index is 603. The summed E-state index contributed by atoms with van der Waals surface area (Å²) in [7, 11) is 4.69. The van der Waals surface area contributed by atoms with Crippen LogP contribution >= 0.6 is 0 Å². The highest BCUT2D eigenvalue weighted by molar-refractivity contribution is 5.96. The van der Waals surface area contributed by atoms with Gasteiger partial charge in [-0.25, -0.2) is 4.79 Å². The monoisotopic (exact) mass is 321 g/mol. The molecule has 1 aliphatic rings. The second kappa shape index (κ2) is 7.32. The predicted molar refractivity (Wildman–Crippen MR) is 85.7 cm³/mol. The van der Waals surface area contributed by atoms with Gasteiger partial charge in [-0.3, -0.25) is 15.0 Å². The van der Waals surface area contributed by atoms with Gasteiger partial charge in [0.05, 0.1) is 20.3 Å². The molecule has 7 nitrogen and oxygen atoms in total. The number of amides is 3.